The molecule has 102 valence electrons. The van der Waals surface area contributed by atoms with Crippen LogP contribution in [0.25, 0.3) is 10.8 Å². The number of fused-ring (bicyclic) bond motifs is 1. The van der Waals surface area contributed by atoms with Crippen LogP contribution in [0.4, 0.5) is 0 Å². The summed E-state index contributed by atoms with van der Waals surface area (Å²) in [7, 11) is 0. The topological polar surface area (TPSA) is 18.5 Å². The SMILES string of the molecule is CCCOc1c(C)cc(OCCBr)c2ccccc12. The van der Waals surface area contributed by atoms with Crippen LogP contribution in [0, 0.1) is 6.92 Å². The summed E-state index contributed by atoms with van der Waals surface area (Å²) in [4.78, 5) is 0. The molecular weight excluding hydrogens is 304 g/mol. The highest BCUT2D eigenvalue weighted by atomic mass is 79.9. The molecule has 0 bridgehead atoms. The van der Waals surface area contributed by atoms with Crippen molar-refractivity contribution in [3.05, 3.63) is 35.9 Å². The normalized spacial score (nSPS) is 10.7. The molecule has 3 heteroatoms. The van der Waals surface area contributed by atoms with Crippen molar-refractivity contribution in [1.82, 2.24) is 0 Å². The molecule has 2 nitrogen and oxygen atoms in total. The van der Waals surface area contributed by atoms with Crippen LogP contribution in [0.3, 0.4) is 0 Å². The Hall–Kier alpha value is -1.22. The molecule has 19 heavy (non-hydrogen) atoms. The maximum atomic E-state index is 5.89. The van der Waals surface area contributed by atoms with Crippen molar-refractivity contribution in [3.63, 3.8) is 0 Å². The van der Waals surface area contributed by atoms with Gasteiger partial charge in [-0.25, -0.2) is 0 Å². The van der Waals surface area contributed by atoms with Crippen LogP contribution >= 0.6 is 15.9 Å². The van der Waals surface area contributed by atoms with E-state index in [9.17, 15) is 0 Å². The van der Waals surface area contributed by atoms with Crippen molar-refractivity contribution < 1.29 is 9.47 Å². The van der Waals surface area contributed by atoms with Gasteiger partial charge in [-0.15, -0.1) is 0 Å². The Kier molecular flexibility index (Phi) is 5.08. The molecule has 0 aliphatic rings. The van der Waals surface area contributed by atoms with Crippen LogP contribution in [-0.2, 0) is 0 Å². The van der Waals surface area contributed by atoms with Gasteiger partial charge < -0.3 is 9.47 Å². The predicted molar refractivity (Wildman–Crippen MR) is 83.8 cm³/mol. The van der Waals surface area contributed by atoms with E-state index < -0.39 is 0 Å². The highest BCUT2D eigenvalue weighted by molar-refractivity contribution is 9.09. The highest BCUT2D eigenvalue weighted by Gasteiger charge is 2.11. The van der Waals surface area contributed by atoms with E-state index in [0.717, 1.165) is 46.2 Å². The van der Waals surface area contributed by atoms with Crippen LogP contribution in [0.15, 0.2) is 30.3 Å². The number of ether oxygens (including phenoxy) is 2. The third-order valence-corrected chi connectivity index (χ3v) is 3.25. The van der Waals surface area contributed by atoms with E-state index in [1.807, 2.05) is 12.1 Å². The van der Waals surface area contributed by atoms with Crippen molar-refractivity contribution in [1.29, 1.82) is 0 Å². The quantitative estimate of drug-likeness (QED) is 0.717. The second-order valence-corrected chi connectivity index (χ2v) is 5.25. The lowest BCUT2D eigenvalue weighted by atomic mass is 10.0. The molecule has 0 atom stereocenters. The van der Waals surface area contributed by atoms with E-state index in [-0.39, 0.29) is 0 Å². The molecule has 2 aromatic rings. The van der Waals surface area contributed by atoms with Gasteiger partial charge >= 0.3 is 0 Å². The minimum Gasteiger partial charge on any atom is -0.493 e. The first-order valence-electron chi connectivity index (χ1n) is 6.61. The summed E-state index contributed by atoms with van der Waals surface area (Å²) >= 11 is 3.39. The minimum atomic E-state index is 0.665. The number of hydrogen-bond donors (Lipinski definition) is 0. The Labute approximate surface area is 122 Å². The van der Waals surface area contributed by atoms with Crippen LogP contribution in [0.2, 0.25) is 0 Å². The maximum absolute atomic E-state index is 5.89. The number of hydrogen-bond acceptors (Lipinski definition) is 2. The predicted octanol–water partition coefficient (Wildman–Crippen LogP) is 4.71. The van der Waals surface area contributed by atoms with Crippen LogP contribution in [0.5, 0.6) is 11.5 Å². The van der Waals surface area contributed by atoms with Crippen molar-refractivity contribution in [2.24, 2.45) is 0 Å². The Morgan fingerprint density at radius 3 is 2.47 bits per heavy atom. The van der Waals surface area contributed by atoms with Crippen molar-refractivity contribution in [2.45, 2.75) is 20.3 Å². The maximum Gasteiger partial charge on any atom is 0.130 e. The number of benzene rings is 2. The molecule has 0 N–H and O–H groups in total. The lowest BCUT2D eigenvalue weighted by molar-refractivity contribution is 0.317. The van der Waals surface area contributed by atoms with Gasteiger partial charge in [-0.3, -0.25) is 0 Å². The van der Waals surface area contributed by atoms with Gasteiger partial charge in [-0.05, 0) is 25.0 Å². The molecule has 2 aromatic carbocycles. The Balaban J connectivity index is 2.49. The molecule has 0 saturated carbocycles. The zero-order valence-electron chi connectivity index (χ0n) is 11.4. The van der Waals surface area contributed by atoms with Gasteiger partial charge in [0.15, 0.2) is 0 Å². The summed E-state index contributed by atoms with van der Waals surface area (Å²) in [6, 6.07) is 10.3. The third kappa shape index (κ3) is 3.21. The fourth-order valence-electron chi connectivity index (χ4n) is 2.11. The average Bonchev–Trinajstić information content (AvgIpc) is 2.44. The van der Waals surface area contributed by atoms with E-state index in [2.05, 4.69) is 48.0 Å². The molecular formula is C16H19BrO2. The molecule has 2 rings (SSSR count). The second-order valence-electron chi connectivity index (χ2n) is 4.45. The van der Waals surface area contributed by atoms with Gasteiger partial charge in [0.05, 0.1) is 13.2 Å². The minimum absolute atomic E-state index is 0.665. The molecule has 0 aromatic heterocycles. The molecule has 0 saturated heterocycles. The zero-order chi connectivity index (χ0) is 13.7. The lowest BCUT2D eigenvalue weighted by Gasteiger charge is -2.15. The van der Waals surface area contributed by atoms with Crippen LogP contribution in [0.1, 0.15) is 18.9 Å². The fraction of sp³-hybridized carbons (Fsp3) is 0.375. The summed E-state index contributed by atoms with van der Waals surface area (Å²) in [6.45, 7) is 5.59. The van der Waals surface area contributed by atoms with Crippen LogP contribution < -0.4 is 9.47 Å². The molecule has 0 heterocycles. The molecule has 0 unspecified atom stereocenters. The molecule has 0 aliphatic heterocycles. The first-order valence-corrected chi connectivity index (χ1v) is 7.74. The molecule has 0 fully saturated rings. The fourth-order valence-corrected chi connectivity index (χ4v) is 2.27. The molecule has 0 spiro atoms. The Bertz CT molecular complexity index is 552. The first kappa shape index (κ1) is 14.2. The lowest BCUT2D eigenvalue weighted by Crippen LogP contribution is -2.02. The Morgan fingerprint density at radius 1 is 1.05 bits per heavy atom. The molecule has 0 aliphatic carbocycles. The van der Waals surface area contributed by atoms with Crippen molar-refractivity contribution in [3.8, 4) is 11.5 Å². The largest absolute Gasteiger partial charge is 0.493 e. The highest BCUT2D eigenvalue weighted by Crippen LogP contribution is 2.36. The summed E-state index contributed by atoms with van der Waals surface area (Å²) < 4.78 is 11.7. The number of aryl methyl sites for hydroxylation is 1. The molecule has 0 radical (unpaired) electrons. The van der Waals surface area contributed by atoms with Gasteiger partial charge in [-0.1, -0.05) is 47.1 Å². The summed E-state index contributed by atoms with van der Waals surface area (Å²) in [5, 5.41) is 3.06. The summed E-state index contributed by atoms with van der Waals surface area (Å²) in [5.74, 6) is 1.90. The zero-order valence-corrected chi connectivity index (χ0v) is 13.0. The van der Waals surface area contributed by atoms with E-state index in [4.69, 9.17) is 9.47 Å². The number of rotatable bonds is 6. The van der Waals surface area contributed by atoms with E-state index in [0.29, 0.717) is 6.61 Å². The summed E-state index contributed by atoms with van der Waals surface area (Å²) in [5.41, 5.74) is 1.12. The van der Waals surface area contributed by atoms with Gasteiger partial charge in [0.25, 0.3) is 0 Å². The van der Waals surface area contributed by atoms with Gasteiger partial charge in [0.1, 0.15) is 11.5 Å². The van der Waals surface area contributed by atoms with E-state index >= 15 is 0 Å². The second kappa shape index (κ2) is 6.80. The number of alkyl halides is 1. The van der Waals surface area contributed by atoms with Crippen molar-refractivity contribution in [2.75, 3.05) is 18.5 Å². The van der Waals surface area contributed by atoms with Gasteiger partial charge in [-0.2, -0.15) is 0 Å². The third-order valence-electron chi connectivity index (χ3n) is 2.93. The smallest absolute Gasteiger partial charge is 0.130 e. The van der Waals surface area contributed by atoms with E-state index in [1.165, 1.54) is 0 Å². The monoisotopic (exact) mass is 322 g/mol. The van der Waals surface area contributed by atoms with Crippen LogP contribution in [-0.4, -0.2) is 18.5 Å². The average molecular weight is 323 g/mol. The van der Waals surface area contributed by atoms with Gasteiger partial charge in [0, 0.05) is 16.1 Å². The first-order chi connectivity index (χ1) is 9.27. The van der Waals surface area contributed by atoms with E-state index in [1.54, 1.807) is 0 Å². The standard InChI is InChI=1S/C16H19BrO2/c1-3-9-19-16-12(2)11-15(18-10-8-17)13-6-4-5-7-14(13)16/h4-7,11H,3,8-10H2,1-2H3. The summed E-state index contributed by atoms with van der Waals surface area (Å²) in [6.07, 6.45) is 1.01. The van der Waals surface area contributed by atoms with Gasteiger partial charge in [0.2, 0.25) is 0 Å². The Morgan fingerprint density at radius 2 is 1.79 bits per heavy atom. The van der Waals surface area contributed by atoms with Crippen molar-refractivity contribution >= 4 is 26.7 Å². The number of halogens is 1. The molecule has 0 amide bonds.